The number of halogens is 2. The molecule has 0 bridgehead atoms. The predicted octanol–water partition coefficient (Wildman–Crippen LogP) is 4.15. The van der Waals surface area contributed by atoms with Crippen molar-refractivity contribution in [1.29, 1.82) is 0 Å². The highest BCUT2D eigenvalue weighted by atomic mass is 127. The Labute approximate surface area is 145 Å². The first-order valence-corrected chi connectivity index (χ1v) is 8.37. The number of hydrogen-bond donors (Lipinski definition) is 0. The van der Waals surface area contributed by atoms with Gasteiger partial charge < -0.3 is 9.64 Å². The number of benzene rings is 2. The van der Waals surface area contributed by atoms with Gasteiger partial charge in [-0.1, -0.05) is 15.9 Å². The Morgan fingerprint density at radius 3 is 2.86 bits per heavy atom. The average molecular weight is 458 g/mol. The molecule has 0 N–H and O–H groups in total. The fourth-order valence-electron chi connectivity index (χ4n) is 2.57. The van der Waals surface area contributed by atoms with Gasteiger partial charge in [-0.05, 0) is 64.6 Å². The molecule has 2 aromatic rings. The number of hydrogen-bond acceptors (Lipinski definition) is 2. The van der Waals surface area contributed by atoms with Crippen LogP contribution in [0.25, 0.3) is 0 Å². The van der Waals surface area contributed by atoms with Gasteiger partial charge in [0.05, 0.1) is 20.1 Å². The molecule has 3 rings (SSSR count). The van der Waals surface area contributed by atoms with E-state index in [1.54, 1.807) is 7.11 Å². The highest BCUT2D eigenvalue weighted by Crippen LogP contribution is 2.33. The molecule has 0 fully saturated rings. The van der Waals surface area contributed by atoms with Gasteiger partial charge in [-0.3, -0.25) is 4.79 Å². The zero-order valence-electron chi connectivity index (χ0n) is 11.4. The van der Waals surface area contributed by atoms with Crippen molar-refractivity contribution in [1.82, 2.24) is 0 Å². The maximum atomic E-state index is 12.3. The molecule has 1 heterocycles. The number of carbonyl (C=O) groups is 1. The normalized spacial score (nSPS) is 13.5. The fraction of sp³-hybridized carbons (Fsp3) is 0.188. The topological polar surface area (TPSA) is 29.5 Å². The van der Waals surface area contributed by atoms with Gasteiger partial charge in [0.2, 0.25) is 5.91 Å². The van der Waals surface area contributed by atoms with Crippen molar-refractivity contribution < 1.29 is 9.53 Å². The van der Waals surface area contributed by atoms with Crippen molar-refractivity contribution in [2.75, 3.05) is 12.0 Å². The number of nitrogens with zero attached hydrogens (tertiary/aromatic N) is 1. The van der Waals surface area contributed by atoms with Gasteiger partial charge in [0.25, 0.3) is 0 Å². The molecule has 1 amide bonds. The van der Waals surface area contributed by atoms with Crippen molar-refractivity contribution in [2.45, 2.75) is 13.0 Å². The molecule has 21 heavy (non-hydrogen) atoms. The summed E-state index contributed by atoms with van der Waals surface area (Å²) in [6.45, 7) is 0.523. The Kier molecular flexibility index (Phi) is 4.21. The van der Waals surface area contributed by atoms with Crippen LogP contribution < -0.4 is 9.64 Å². The second-order valence-electron chi connectivity index (χ2n) is 4.89. The van der Waals surface area contributed by atoms with Crippen LogP contribution in [-0.2, 0) is 17.8 Å². The van der Waals surface area contributed by atoms with Crippen molar-refractivity contribution in [3.63, 3.8) is 0 Å². The van der Waals surface area contributed by atoms with E-state index in [0.717, 1.165) is 30.6 Å². The van der Waals surface area contributed by atoms with E-state index in [1.165, 1.54) is 0 Å². The van der Waals surface area contributed by atoms with Gasteiger partial charge in [-0.25, -0.2) is 0 Å². The van der Waals surface area contributed by atoms with E-state index >= 15 is 0 Å². The highest BCUT2D eigenvalue weighted by Gasteiger charge is 2.28. The first-order valence-electron chi connectivity index (χ1n) is 6.49. The summed E-state index contributed by atoms with van der Waals surface area (Å²) in [5, 5.41) is 0. The maximum absolute atomic E-state index is 12.3. The third kappa shape index (κ3) is 2.94. The summed E-state index contributed by atoms with van der Waals surface area (Å²) >= 11 is 5.74. The second-order valence-corrected chi connectivity index (χ2v) is 7.05. The summed E-state index contributed by atoms with van der Waals surface area (Å²) < 4.78 is 7.53. The summed E-state index contributed by atoms with van der Waals surface area (Å²) in [5.74, 6) is 0.930. The molecule has 0 atom stereocenters. The standard InChI is InChI=1S/C16H13BrINO2/c1-21-15-5-2-12(17)6-11(15)9-19-14-4-3-13(18)7-10(14)8-16(19)20/h2-7H,8-9H2,1H3. The van der Waals surface area contributed by atoms with E-state index in [-0.39, 0.29) is 5.91 Å². The first kappa shape index (κ1) is 14.8. The Morgan fingerprint density at radius 2 is 2.10 bits per heavy atom. The molecule has 0 saturated carbocycles. The Bertz CT molecular complexity index is 717. The van der Waals surface area contributed by atoms with Crippen LogP contribution in [0.15, 0.2) is 40.9 Å². The number of anilines is 1. The van der Waals surface area contributed by atoms with Crippen molar-refractivity contribution in [3.05, 3.63) is 55.6 Å². The van der Waals surface area contributed by atoms with Gasteiger partial charge in [-0.15, -0.1) is 0 Å². The largest absolute Gasteiger partial charge is 0.496 e. The molecular formula is C16H13BrINO2. The van der Waals surface area contributed by atoms with E-state index in [0.29, 0.717) is 13.0 Å². The molecule has 0 radical (unpaired) electrons. The number of ether oxygens (including phenoxy) is 1. The zero-order chi connectivity index (χ0) is 15.0. The fourth-order valence-corrected chi connectivity index (χ4v) is 3.53. The molecule has 0 aliphatic carbocycles. The predicted molar refractivity (Wildman–Crippen MR) is 94.7 cm³/mol. The molecule has 1 aliphatic heterocycles. The third-order valence-corrected chi connectivity index (χ3v) is 4.71. The van der Waals surface area contributed by atoms with Crippen LogP contribution >= 0.6 is 38.5 Å². The minimum absolute atomic E-state index is 0.133. The van der Waals surface area contributed by atoms with Crippen molar-refractivity contribution in [2.24, 2.45) is 0 Å². The summed E-state index contributed by atoms with van der Waals surface area (Å²) in [5.41, 5.74) is 3.09. The van der Waals surface area contributed by atoms with Crippen LogP contribution in [-0.4, -0.2) is 13.0 Å². The lowest BCUT2D eigenvalue weighted by molar-refractivity contribution is -0.117. The molecule has 0 spiro atoms. The maximum Gasteiger partial charge on any atom is 0.231 e. The van der Waals surface area contributed by atoms with E-state index < -0.39 is 0 Å². The molecule has 108 valence electrons. The smallest absolute Gasteiger partial charge is 0.231 e. The van der Waals surface area contributed by atoms with E-state index in [1.807, 2.05) is 35.2 Å². The van der Waals surface area contributed by atoms with Gasteiger partial charge in [0.1, 0.15) is 5.75 Å². The Balaban J connectivity index is 1.96. The van der Waals surface area contributed by atoms with Gasteiger partial charge in [0.15, 0.2) is 0 Å². The van der Waals surface area contributed by atoms with Crippen LogP contribution in [0.5, 0.6) is 5.75 Å². The summed E-state index contributed by atoms with van der Waals surface area (Å²) in [7, 11) is 1.65. The van der Waals surface area contributed by atoms with Gasteiger partial charge in [-0.2, -0.15) is 0 Å². The number of rotatable bonds is 3. The van der Waals surface area contributed by atoms with Crippen LogP contribution in [0.1, 0.15) is 11.1 Å². The Morgan fingerprint density at radius 1 is 1.29 bits per heavy atom. The number of carbonyl (C=O) groups excluding carboxylic acids is 1. The molecule has 0 unspecified atom stereocenters. The summed E-state index contributed by atoms with van der Waals surface area (Å²) in [4.78, 5) is 14.1. The first-order chi connectivity index (χ1) is 10.1. The molecule has 2 aromatic carbocycles. The van der Waals surface area contributed by atoms with E-state index in [4.69, 9.17) is 4.74 Å². The van der Waals surface area contributed by atoms with Gasteiger partial charge >= 0.3 is 0 Å². The molecular weight excluding hydrogens is 445 g/mol. The Hall–Kier alpha value is -1.08. The van der Waals surface area contributed by atoms with E-state index in [2.05, 4.69) is 44.6 Å². The molecule has 3 nitrogen and oxygen atoms in total. The molecule has 0 aromatic heterocycles. The number of amides is 1. The number of fused-ring (bicyclic) bond motifs is 1. The minimum Gasteiger partial charge on any atom is -0.496 e. The van der Waals surface area contributed by atoms with Crippen molar-refractivity contribution in [3.8, 4) is 5.75 Å². The lowest BCUT2D eigenvalue weighted by atomic mass is 10.1. The van der Waals surface area contributed by atoms with Crippen LogP contribution in [0.4, 0.5) is 5.69 Å². The van der Waals surface area contributed by atoms with Gasteiger partial charge in [0, 0.05) is 19.3 Å². The summed E-state index contributed by atoms with van der Waals surface area (Å²) in [6.07, 6.45) is 0.475. The second kappa shape index (κ2) is 5.96. The SMILES string of the molecule is COc1ccc(Br)cc1CN1C(=O)Cc2cc(I)ccc21. The quantitative estimate of drug-likeness (QED) is 0.648. The van der Waals surface area contributed by atoms with Crippen LogP contribution in [0.3, 0.4) is 0 Å². The van der Waals surface area contributed by atoms with Crippen LogP contribution in [0.2, 0.25) is 0 Å². The minimum atomic E-state index is 0.133. The third-order valence-electron chi connectivity index (χ3n) is 3.55. The molecule has 5 heteroatoms. The average Bonchev–Trinajstić information content (AvgIpc) is 2.74. The lowest BCUT2D eigenvalue weighted by Gasteiger charge is -2.19. The monoisotopic (exact) mass is 457 g/mol. The lowest BCUT2D eigenvalue weighted by Crippen LogP contribution is -2.26. The highest BCUT2D eigenvalue weighted by molar-refractivity contribution is 14.1. The molecule has 1 aliphatic rings. The summed E-state index contributed by atoms with van der Waals surface area (Å²) in [6, 6.07) is 12.0. The molecule has 0 saturated heterocycles. The van der Waals surface area contributed by atoms with Crippen molar-refractivity contribution >= 4 is 50.1 Å². The van der Waals surface area contributed by atoms with Crippen LogP contribution in [0, 0.1) is 3.57 Å². The number of methoxy groups -OCH3 is 1. The van der Waals surface area contributed by atoms with E-state index in [9.17, 15) is 4.79 Å². The zero-order valence-corrected chi connectivity index (χ0v) is 15.1.